The van der Waals surface area contributed by atoms with Gasteiger partial charge < -0.3 is 19.5 Å². The topological polar surface area (TPSA) is 73.9 Å². The van der Waals surface area contributed by atoms with E-state index in [0.29, 0.717) is 36.1 Å². The lowest BCUT2D eigenvalue weighted by molar-refractivity contribution is -0.158. The maximum Gasteiger partial charge on any atom is 0.349 e. The molecule has 1 unspecified atom stereocenters. The summed E-state index contributed by atoms with van der Waals surface area (Å²) in [6, 6.07) is 14.3. The van der Waals surface area contributed by atoms with Crippen LogP contribution in [0, 0.1) is 0 Å². The zero-order valence-electron chi connectivity index (χ0n) is 17.7. The molecular formula is C23H28ClNO5. The van der Waals surface area contributed by atoms with Crippen molar-refractivity contribution >= 4 is 23.5 Å². The van der Waals surface area contributed by atoms with Crippen LogP contribution in [0.15, 0.2) is 48.5 Å². The zero-order valence-corrected chi connectivity index (χ0v) is 18.5. The predicted octanol–water partition coefficient (Wildman–Crippen LogP) is 4.19. The van der Waals surface area contributed by atoms with Gasteiger partial charge >= 0.3 is 5.97 Å². The highest BCUT2D eigenvalue weighted by Gasteiger charge is 2.31. The number of carbonyl (C=O) groups is 2. The van der Waals surface area contributed by atoms with E-state index < -0.39 is 17.7 Å². The Morgan fingerprint density at radius 2 is 1.63 bits per heavy atom. The van der Waals surface area contributed by atoms with E-state index in [-0.39, 0.29) is 5.91 Å². The summed E-state index contributed by atoms with van der Waals surface area (Å²) in [7, 11) is 0. The highest BCUT2D eigenvalue weighted by atomic mass is 35.5. The van der Waals surface area contributed by atoms with E-state index in [1.807, 2.05) is 12.1 Å². The average molecular weight is 434 g/mol. The Kier molecular flexibility index (Phi) is 8.54. The lowest BCUT2D eigenvalue weighted by Gasteiger charge is -2.24. The molecule has 0 aliphatic heterocycles. The number of carbonyl (C=O) groups excluding carboxylic acids is 2. The zero-order chi connectivity index (χ0) is 22.1. The summed E-state index contributed by atoms with van der Waals surface area (Å²) < 4.78 is 16.4. The largest absolute Gasteiger partial charge is 0.481 e. The number of rotatable bonds is 10. The minimum absolute atomic E-state index is 0.193. The number of amides is 1. The van der Waals surface area contributed by atoms with Crippen molar-refractivity contribution in [3.05, 3.63) is 59.1 Å². The molecule has 162 valence electrons. The third-order valence-electron chi connectivity index (χ3n) is 4.27. The first kappa shape index (κ1) is 23.5. The van der Waals surface area contributed by atoms with Crippen LogP contribution >= 0.6 is 11.6 Å². The van der Waals surface area contributed by atoms with Crippen LogP contribution in [0.3, 0.4) is 0 Å². The van der Waals surface area contributed by atoms with Crippen molar-refractivity contribution in [1.29, 1.82) is 0 Å². The molecule has 0 fully saturated rings. The number of nitrogens with one attached hydrogen (secondary N) is 1. The van der Waals surface area contributed by atoms with Crippen LogP contribution in [-0.2, 0) is 20.7 Å². The van der Waals surface area contributed by atoms with Crippen molar-refractivity contribution in [1.82, 2.24) is 5.32 Å². The third kappa shape index (κ3) is 7.26. The van der Waals surface area contributed by atoms with Crippen molar-refractivity contribution in [3.63, 3.8) is 0 Å². The number of esters is 1. The lowest BCUT2D eigenvalue weighted by atomic mass is 10.1. The van der Waals surface area contributed by atoms with E-state index in [0.717, 1.165) is 5.56 Å². The minimum atomic E-state index is -1.06. The third-order valence-corrected chi connectivity index (χ3v) is 4.52. The number of halogens is 1. The maximum atomic E-state index is 12.2. The van der Waals surface area contributed by atoms with Gasteiger partial charge in [-0.05, 0) is 76.1 Å². The van der Waals surface area contributed by atoms with Gasteiger partial charge in [0.05, 0.1) is 6.61 Å². The molecule has 0 saturated carbocycles. The fourth-order valence-electron chi connectivity index (χ4n) is 2.61. The summed E-state index contributed by atoms with van der Waals surface area (Å²) in [6.45, 7) is 7.57. The van der Waals surface area contributed by atoms with Crippen LogP contribution in [0.1, 0.15) is 33.3 Å². The molecule has 1 amide bonds. The molecule has 2 aromatic carbocycles. The number of ether oxygens (including phenoxy) is 3. The van der Waals surface area contributed by atoms with Crippen LogP contribution < -0.4 is 14.8 Å². The van der Waals surface area contributed by atoms with Gasteiger partial charge in [-0.15, -0.1) is 0 Å². The van der Waals surface area contributed by atoms with Crippen molar-refractivity contribution in [2.45, 2.75) is 45.8 Å². The van der Waals surface area contributed by atoms with Crippen LogP contribution in [0.5, 0.6) is 11.5 Å². The second-order valence-corrected chi connectivity index (χ2v) is 7.67. The van der Waals surface area contributed by atoms with E-state index in [4.69, 9.17) is 25.8 Å². The Morgan fingerprint density at radius 3 is 2.23 bits per heavy atom. The highest BCUT2D eigenvalue weighted by Crippen LogP contribution is 2.20. The van der Waals surface area contributed by atoms with Crippen molar-refractivity contribution in [2.75, 3.05) is 13.2 Å². The van der Waals surface area contributed by atoms with Crippen LogP contribution in [-0.4, -0.2) is 36.7 Å². The Labute approximate surface area is 182 Å². The second kappa shape index (κ2) is 10.9. The lowest BCUT2D eigenvalue weighted by Crippen LogP contribution is -2.39. The SMILES string of the molecule is CCOC(=O)C(C)(C)Oc1ccc(CCNC(=O)C(C)Oc2ccc(Cl)cc2)cc1. The van der Waals surface area contributed by atoms with Crippen LogP contribution in [0.4, 0.5) is 0 Å². The quantitative estimate of drug-likeness (QED) is 0.569. The smallest absolute Gasteiger partial charge is 0.349 e. The summed E-state index contributed by atoms with van der Waals surface area (Å²) >= 11 is 5.84. The standard InChI is InChI=1S/C23H28ClNO5/c1-5-28-22(27)23(3,4)30-20-10-6-17(7-11-20)14-15-25-21(26)16(2)29-19-12-8-18(24)9-13-19/h6-13,16H,5,14-15H2,1-4H3,(H,25,26). The molecule has 1 N–H and O–H groups in total. The molecule has 0 aromatic heterocycles. The van der Waals surface area contributed by atoms with Crippen molar-refractivity contribution in [3.8, 4) is 11.5 Å². The predicted molar refractivity (Wildman–Crippen MR) is 116 cm³/mol. The maximum absolute atomic E-state index is 12.2. The second-order valence-electron chi connectivity index (χ2n) is 7.23. The van der Waals surface area contributed by atoms with Gasteiger partial charge in [-0.25, -0.2) is 4.79 Å². The molecule has 0 saturated heterocycles. The van der Waals surface area contributed by atoms with Gasteiger partial charge in [0.2, 0.25) is 0 Å². The van der Waals surface area contributed by atoms with Crippen LogP contribution in [0.25, 0.3) is 0 Å². The Morgan fingerprint density at radius 1 is 1.03 bits per heavy atom. The summed E-state index contributed by atoms with van der Waals surface area (Å²) in [4.78, 5) is 24.1. The fourth-order valence-corrected chi connectivity index (χ4v) is 2.74. The summed E-state index contributed by atoms with van der Waals surface area (Å²) in [5, 5.41) is 3.47. The Balaban J connectivity index is 1.78. The summed E-state index contributed by atoms with van der Waals surface area (Å²) in [5.74, 6) is 0.557. The average Bonchev–Trinajstić information content (AvgIpc) is 2.71. The molecule has 0 aliphatic rings. The molecule has 30 heavy (non-hydrogen) atoms. The number of benzene rings is 2. The molecule has 0 spiro atoms. The summed E-state index contributed by atoms with van der Waals surface area (Å²) in [6.07, 6.45) is 0.0353. The minimum Gasteiger partial charge on any atom is -0.481 e. The van der Waals surface area contributed by atoms with Crippen molar-refractivity contribution < 1.29 is 23.8 Å². The molecule has 1 atom stereocenters. The van der Waals surface area contributed by atoms with Gasteiger partial charge in [0, 0.05) is 11.6 Å². The molecular weight excluding hydrogens is 406 g/mol. The first-order valence-corrected chi connectivity index (χ1v) is 10.2. The molecule has 7 heteroatoms. The Bertz CT molecular complexity index is 834. The first-order valence-electron chi connectivity index (χ1n) is 9.86. The first-order chi connectivity index (χ1) is 14.2. The van der Waals surface area contributed by atoms with E-state index in [1.165, 1.54) is 0 Å². The van der Waals surface area contributed by atoms with Gasteiger partial charge in [-0.3, -0.25) is 4.79 Å². The molecule has 2 rings (SSSR count). The Hall–Kier alpha value is -2.73. The van der Waals surface area contributed by atoms with E-state index in [2.05, 4.69) is 5.32 Å². The highest BCUT2D eigenvalue weighted by molar-refractivity contribution is 6.30. The molecule has 6 nitrogen and oxygen atoms in total. The monoisotopic (exact) mass is 433 g/mol. The van der Waals surface area contributed by atoms with Gasteiger partial charge in [-0.1, -0.05) is 23.7 Å². The molecule has 0 radical (unpaired) electrons. The van der Waals surface area contributed by atoms with Gasteiger partial charge in [0.15, 0.2) is 11.7 Å². The van der Waals surface area contributed by atoms with Gasteiger partial charge in [0.25, 0.3) is 5.91 Å². The molecule has 0 aliphatic carbocycles. The van der Waals surface area contributed by atoms with Crippen LogP contribution in [0.2, 0.25) is 5.02 Å². The van der Waals surface area contributed by atoms with Gasteiger partial charge in [-0.2, -0.15) is 0 Å². The normalized spacial score (nSPS) is 12.0. The van der Waals surface area contributed by atoms with Crippen molar-refractivity contribution in [2.24, 2.45) is 0 Å². The van der Waals surface area contributed by atoms with Gasteiger partial charge in [0.1, 0.15) is 11.5 Å². The van der Waals surface area contributed by atoms with E-state index in [9.17, 15) is 9.59 Å². The van der Waals surface area contributed by atoms with E-state index in [1.54, 1.807) is 64.1 Å². The number of hydrogen-bond acceptors (Lipinski definition) is 5. The van der Waals surface area contributed by atoms with E-state index >= 15 is 0 Å². The fraction of sp³-hybridized carbons (Fsp3) is 0.391. The molecule has 2 aromatic rings. The molecule has 0 bridgehead atoms. The summed E-state index contributed by atoms with van der Waals surface area (Å²) in [5.41, 5.74) is -0.0333. The molecule has 0 heterocycles. The number of hydrogen-bond donors (Lipinski definition) is 1.